The van der Waals surface area contributed by atoms with Crippen LogP contribution >= 0.6 is 0 Å². The lowest BCUT2D eigenvalue weighted by Gasteiger charge is -2.35. The molecular formula is C43H61N5O13. The van der Waals surface area contributed by atoms with Crippen LogP contribution in [-0.4, -0.2) is 141 Å². The number of rotatable bonds is 23. The van der Waals surface area contributed by atoms with Crippen LogP contribution in [0, 0.1) is 17.3 Å². The topological polar surface area (TPSA) is 246 Å². The average molecular weight is 856 g/mol. The molecule has 18 nitrogen and oxygen atoms in total. The number of nitrogens with one attached hydrogen (secondary N) is 1. The third kappa shape index (κ3) is 13.9. The predicted molar refractivity (Wildman–Crippen MR) is 217 cm³/mol. The summed E-state index contributed by atoms with van der Waals surface area (Å²) in [6.45, 7) is 11.6. The minimum absolute atomic E-state index is 0.0421. The first kappa shape index (κ1) is 48.9. The summed E-state index contributed by atoms with van der Waals surface area (Å²) in [6, 6.07) is 3.03. The quantitative estimate of drug-likeness (QED) is 0.0687. The van der Waals surface area contributed by atoms with Crippen molar-refractivity contribution in [2.24, 2.45) is 17.3 Å². The maximum Gasteiger partial charge on any atom is 0.311 e. The largest absolute Gasteiger partial charge is 0.460 e. The lowest BCUT2D eigenvalue weighted by molar-refractivity contribution is -0.188. The van der Waals surface area contributed by atoms with Gasteiger partial charge in [0.15, 0.2) is 11.6 Å². The van der Waals surface area contributed by atoms with Gasteiger partial charge in [-0.2, -0.15) is 0 Å². The van der Waals surface area contributed by atoms with Crippen LogP contribution in [0.15, 0.2) is 36.5 Å². The molecule has 18 heteroatoms. The number of benzene rings is 1. The third-order valence-corrected chi connectivity index (χ3v) is 10.7. The summed E-state index contributed by atoms with van der Waals surface area (Å²) < 4.78 is 23.1. The van der Waals surface area contributed by atoms with Gasteiger partial charge in [0.25, 0.3) is 11.8 Å². The number of hydrogen-bond acceptors (Lipinski definition) is 15. The van der Waals surface area contributed by atoms with E-state index in [1.165, 1.54) is 4.68 Å². The number of aliphatic hydroxyl groups is 3. The molecule has 1 aromatic heterocycles. The molecule has 3 amide bonds. The summed E-state index contributed by atoms with van der Waals surface area (Å²) in [6.07, 6.45) is -0.850. The van der Waals surface area contributed by atoms with E-state index in [1.807, 2.05) is 0 Å². The molecule has 61 heavy (non-hydrogen) atoms. The second-order valence-electron chi connectivity index (χ2n) is 17.0. The van der Waals surface area contributed by atoms with Crippen molar-refractivity contribution >= 4 is 35.3 Å². The molecule has 2 aliphatic heterocycles. The summed E-state index contributed by atoms with van der Waals surface area (Å²) in [7, 11) is 1.57. The number of methoxy groups -OCH3 is 1. The van der Waals surface area contributed by atoms with Crippen molar-refractivity contribution in [3.05, 3.63) is 58.9 Å². The van der Waals surface area contributed by atoms with Crippen LogP contribution < -0.4 is 5.32 Å². The van der Waals surface area contributed by atoms with E-state index >= 15 is 0 Å². The minimum Gasteiger partial charge on any atom is -0.460 e. The van der Waals surface area contributed by atoms with Crippen LogP contribution in [0.3, 0.4) is 0 Å². The number of esters is 1. The predicted octanol–water partition coefficient (Wildman–Crippen LogP) is 0.829. The average Bonchev–Trinajstić information content (AvgIpc) is 3.80. The van der Waals surface area contributed by atoms with Gasteiger partial charge < -0.3 is 39.6 Å². The highest BCUT2D eigenvalue weighted by Crippen LogP contribution is 2.25. The number of Topliss-reactive ketones (excluding diaryl/α,β-unsaturated/α-hetero) is 2. The number of nitrogens with zero attached hydrogens (tertiary/aromatic N) is 4. The van der Waals surface area contributed by atoms with Crippen LogP contribution in [0.5, 0.6) is 0 Å². The summed E-state index contributed by atoms with van der Waals surface area (Å²) in [5.74, 6) is -4.41. The second kappa shape index (κ2) is 22.4. The highest BCUT2D eigenvalue weighted by atomic mass is 16.5. The van der Waals surface area contributed by atoms with Gasteiger partial charge in [-0.1, -0.05) is 37.3 Å². The van der Waals surface area contributed by atoms with E-state index in [0.29, 0.717) is 55.2 Å². The van der Waals surface area contributed by atoms with Gasteiger partial charge in [-0.25, -0.2) is 4.68 Å². The van der Waals surface area contributed by atoms with Crippen molar-refractivity contribution in [3.63, 3.8) is 0 Å². The maximum atomic E-state index is 14.0. The number of aliphatic hydroxyl groups excluding tert-OH is 3. The number of imide groups is 1. The Morgan fingerprint density at radius 2 is 1.67 bits per heavy atom. The number of carbonyl (C=O) groups excluding carboxylic acids is 6. The molecule has 1 fully saturated rings. The maximum absolute atomic E-state index is 14.0. The summed E-state index contributed by atoms with van der Waals surface area (Å²) in [5, 5.41) is 41.5. The van der Waals surface area contributed by atoms with Gasteiger partial charge in [0.05, 0.1) is 56.2 Å². The van der Waals surface area contributed by atoms with Crippen molar-refractivity contribution in [2.45, 2.75) is 123 Å². The molecule has 4 rings (SSSR count). The van der Waals surface area contributed by atoms with Gasteiger partial charge in [0, 0.05) is 50.6 Å². The van der Waals surface area contributed by atoms with Gasteiger partial charge in [-0.3, -0.25) is 33.7 Å². The Morgan fingerprint density at radius 3 is 2.33 bits per heavy atom. The number of hydrogen-bond donors (Lipinski definition) is 4. The van der Waals surface area contributed by atoms with Crippen LogP contribution in [0.1, 0.15) is 76.8 Å². The van der Waals surface area contributed by atoms with Crippen molar-refractivity contribution in [1.82, 2.24) is 25.2 Å². The van der Waals surface area contributed by atoms with Crippen molar-refractivity contribution in [1.29, 1.82) is 0 Å². The third-order valence-electron chi connectivity index (χ3n) is 10.7. The molecule has 0 saturated carbocycles. The molecule has 7 atom stereocenters. The van der Waals surface area contributed by atoms with Gasteiger partial charge in [0.2, 0.25) is 5.91 Å². The molecule has 0 aliphatic carbocycles. The Kier molecular flexibility index (Phi) is 18.0. The van der Waals surface area contributed by atoms with E-state index in [1.54, 1.807) is 73.0 Å². The smallest absolute Gasteiger partial charge is 0.311 e. The molecule has 0 spiro atoms. The van der Waals surface area contributed by atoms with Gasteiger partial charge in [-0.15, -0.1) is 5.10 Å². The van der Waals surface area contributed by atoms with E-state index in [0.717, 1.165) is 17.1 Å². The van der Waals surface area contributed by atoms with Crippen LogP contribution in [-0.2, 0) is 80.1 Å². The Morgan fingerprint density at radius 1 is 0.967 bits per heavy atom. The first-order valence-electron chi connectivity index (χ1n) is 20.6. The van der Waals surface area contributed by atoms with Gasteiger partial charge in [0.1, 0.15) is 31.0 Å². The number of aromatic nitrogens is 3. The molecule has 1 saturated heterocycles. The highest BCUT2D eigenvalue weighted by molar-refractivity contribution is 6.15. The molecule has 1 unspecified atom stereocenters. The van der Waals surface area contributed by atoms with E-state index in [2.05, 4.69) is 15.6 Å². The van der Waals surface area contributed by atoms with E-state index in [9.17, 15) is 44.1 Å². The Hall–Kier alpha value is -4.72. The number of carbonyl (C=O) groups is 6. The number of aryl methyl sites for hydroxylation is 1. The van der Waals surface area contributed by atoms with E-state index in [4.69, 9.17) is 18.9 Å². The van der Waals surface area contributed by atoms with E-state index < -0.39 is 77.3 Å². The highest BCUT2D eigenvalue weighted by Gasteiger charge is 2.40. The fraction of sp³-hybridized carbons (Fsp3) is 0.628. The molecule has 1 aromatic carbocycles. The first-order valence-corrected chi connectivity index (χ1v) is 20.6. The minimum atomic E-state index is -1.37. The number of ether oxygens (including phenoxy) is 4. The standard InChI is InChI=1S/C43H61N5O13/c1-25(2)31(21-34(50)32(48-37(52)12-13-38(48)53)20-30-22-47(46-45-30)14-15-59-17-16-58-7)41(56)44-26(3)33(49)19-27-8-9-29(23-61-42(57)43(4,5)6)28(18-27)10-11-36-40(55)39(54)35(51)24-60-36/h8-9,12-13,18,22,25-26,31-32,35-36,39-40,51,54-55H,10-11,14-17,19-21,23-24H2,1-7H3,(H,44,56)/t26-,31-,32?,35+,36-,39-,40-/m0/s1. The molecule has 336 valence electrons. The van der Waals surface area contributed by atoms with Crippen molar-refractivity contribution < 1.29 is 63.0 Å². The molecular weight excluding hydrogens is 794 g/mol. The molecule has 0 radical (unpaired) electrons. The molecule has 2 aliphatic rings. The van der Waals surface area contributed by atoms with Crippen LogP contribution in [0.2, 0.25) is 0 Å². The second-order valence-corrected chi connectivity index (χ2v) is 17.0. The zero-order chi connectivity index (χ0) is 45.0. The molecule has 2 aromatic rings. The Bertz CT molecular complexity index is 1870. The van der Waals surface area contributed by atoms with Crippen molar-refractivity contribution in [3.8, 4) is 0 Å². The van der Waals surface area contributed by atoms with E-state index in [-0.39, 0.29) is 50.6 Å². The zero-order valence-corrected chi connectivity index (χ0v) is 36.1. The SMILES string of the molecule is COCCOCCn1cc(CC(C(=O)C[C@H](C(=O)N[C@@H](C)C(=O)Cc2ccc(COC(=O)C(C)(C)C)c(CC[C@@H]3OC[C@@H](O)[C@H](O)[C@H]3O)c2)C(C)C)N2C(=O)C=CC2=O)nn1. The number of amides is 3. The monoisotopic (exact) mass is 855 g/mol. The normalized spacial score (nSPS) is 20.8. The fourth-order valence-electron chi connectivity index (χ4n) is 6.89. The summed E-state index contributed by atoms with van der Waals surface area (Å²) in [4.78, 5) is 80.4. The lowest BCUT2D eigenvalue weighted by atomic mass is 9.86. The zero-order valence-electron chi connectivity index (χ0n) is 36.1. The fourth-order valence-corrected chi connectivity index (χ4v) is 6.89. The number of ketones is 2. The molecule has 0 bridgehead atoms. The molecule has 3 heterocycles. The summed E-state index contributed by atoms with van der Waals surface area (Å²) in [5.41, 5.74) is 1.61. The Balaban J connectivity index is 1.43. The van der Waals surface area contributed by atoms with Crippen molar-refractivity contribution in [2.75, 3.05) is 33.5 Å². The molecule has 4 N–H and O–H groups in total. The van der Waals surface area contributed by atoms with Crippen LogP contribution in [0.4, 0.5) is 0 Å². The Labute approximate surface area is 355 Å². The first-order chi connectivity index (χ1) is 28.8. The lowest BCUT2D eigenvalue weighted by Crippen LogP contribution is -2.52. The van der Waals surface area contributed by atoms with Gasteiger partial charge >= 0.3 is 5.97 Å². The summed E-state index contributed by atoms with van der Waals surface area (Å²) >= 11 is 0. The van der Waals surface area contributed by atoms with Crippen LogP contribution in [0.25, 0.3) is 0 Å². The van der Waals surface area contributed by atoms with Gasteiger partial charge in [-0.05, 0) is 63.1 Å².